The summed E-state index contributed by atoms with van der Waals surface area (Å²) in [5.41, 5.74) is 8.32. The minimum absolute atomic E-state index is 0.000396. The lowest BCUT2D eigenvalue weighted by Gasteiger charge is -2.26. The van der Waals surface area contributed by atoms with E-state index in [1.807, 2.05) is 6.07 Å². The van der Waals surface area contributed by atoms with Crippen LogP contribution in [0.4, 0.5) is 0 Å². The third-order valence-electron chi connectivity index (χ3n) is 4.12. The van der Waals surface area contributed by atoms with Gasteiger partial charge in [0.15, 0.2) is 5.78 Å². The van der Waals surface area contributed by atoms with Gasteiger partial charge in [-0.2, -0.15) is 0 Å². The van der Waals surface area contributed by atoms with Gasteiger partial charge < -0.3 is 15.8 Å². The van der Waals surface area contributed by atoms with Crippen molar-refractivity contribution in [3.63, 3.8) is 0 Å². The molecule has 1 aliphatic rings. The molecule has 1 heterocycles. The average molecular weight is 310 g/mol. The van der Waals surface area contributed by atoms with Crippen molar-refractivity contribution in [2.24, 2.45) is 5.73 Å². The number of primary amides is 1. The van der Waals surface area contributed by atoms with E-state index in [-0.39, 0.29) is 5.78 Å². The molecule has 1 amide bonds. The zero-order chi connectivity index (χ0) is 16.4. The summed E-state index contributed by atoms with van der Waals surface area (Å²) in [6.07, 6.45) is 0.767. The number of rotatable bonds is 4. The number of Topliss-reactive ketones (excluding diaryl/α,β-unsaturated/α-hetero) is 1. The first-order valence-electron chi connectivity index (χ1n) is 7.44. The first-order chi connectivity index (χ1) is 11.1. The van der Waals surface area contributed by atoms with E-state index in [1.165, 1.54) is 0 Å². The number of nitrogens with two attached hydrogens (primary N) is 1. The zero-order valence-electron chi connectivity index (χ0n) is 12.8. The third kappa shape index (κ3) is 2.96. The lowest BCUT2D eigenvalue weighted by molar-refractivity contribution is 0.0939. The van der Waals surface area contributed by atoms with Gasteiger partial charge in [-0.25, -0.2) is 0 Å². The molecule has 2 aromatic rings. The van der Waals surface area contributed by atoms with E-state index in [9.17, 15) is 9.59 Å². The smallest absolute Gasteiger partial charge is 0.248 e. The first-order valence-corrected chi connectivity index (χ1v) is 7.44. The summed E-state index contributed by atoms with van der Waals surface area (Å²) in [5, 5.41) is 3.25. The molecule has 0 aromatic heterocycles. The maximum Gasteiger partial charge on any atom is 0.248 e. The van der Waals surface area contributed by atoms with Gasteiger partial charge in [-0.05, 0) is 53.9 Å². The summed E-state index contributed by atoms with van der Waals surface area (Å²) >= 11 is 0. The molecule has 1 atom stereocenters. The van der Waals surface area contributed by atoms with Crippen molar-refractivity contribution in [1.82, 2.24) is 5.32 Å². The van der Waals surface area contributed by atoms with E-state index in [1.54, 1.807) is 43.5 Å². The van der Waals surface area contributed by atoms with Crippen molar-refractivity contribution < 1.29 is 14.3 Å². The van der Waals surface area contributed by atoms with Crippen molar-refractivity contribution in [2.45, 2.75) is 12.5 Å². The van der Waals surface area contributed by atoms with Gasteiger partial charge in [0.1, 0.15) is 5.75 Å². The zero-order valence-corrected chi connectivity index (χ0v) is 12.8. The van der Waals surface area contributed by atoms with Gasteiger partial charge in [0, 0.05) is 17.7 Å². The number of carbonyl (C=O) groups is 2. The molecule has 23 heavy (non-hydrogen) atoms. The van der Waals surface area contributed by atoms with Gasteiger partial charge in [-0.1, -0.05) is 6.07 Å². The highest BCUT2D eigenvalue weighted by Gasteiger charge is 2.27. The Hall–Kier alpha value is -2.66. The Labute approximate surface area is 134 Å². The molecule has 0 saturated carbocycles. The third-order valence-corrected chi connectivity index (χ3v) is 4.12. The number of fused-ring (bicyclic) bond motifs is 1. The second kappa shape index (κ2) is 6.22. The summed E-state index contributed by atoms with van der Waals surface area (Å²) in [6.45, 7) is 0.682. The summed E-state index contributed by atoms with van der Waals surface area (Å²) in [7, 11) is 1.59. The number of benzene rings is 2. The summed E-state index contributed by atoms with van der Waals surface area (Å²) in [4.78, 5) is 24.1. The maximum atomic E-state index is 12.8. The Balaban J connectivity index is 1.92. The highest BCUT2D eigenvalue weighted by atomic mass is 16.5. The fraction of sp³-hybridized carbons (Fsp3) is 0.222. The monoisotopic (exact) mass is 310 g/mol. The maximum absolute atomic E-state index is 12.8. The van der Waals surface area contributed by atoms with Crippen LogP contribution in [0.2, 0.25) is 0 Å². The number of ether oxygens (including phenoxy) is 1. The highest BCUT2D eigenvalue weighted by Crippen LogP contribution is 2.27. The SMILES string of the molecule is COc1ccc(C(=O)C2NCCc3cc(C(N)=O)ccc32)cc1. The molecular weight excluding hydrogens is 292 g/mol. The molecule has 118 valence electrons. The number of amides is 1. The first kappa shape index (κ1) is 15.2. The lowest BCUT2D eigenvalue weighted by atomic mass is 9.88. The molecular formula is C18H18N2O3. The quantitative estimate of drug-likeness (QED) is 0.845. The Morgan fingerprint density at radius 1 is 1.13 bits per heavy atom. The highest BCUT2D eigenvalue weighted by molar-refractivity contribution is 6.01. The molecule has 3 rings (SSSR count). The van der Waals surface area contributed by atoms with Gasteiger partial charge in [-0.15, -0.1) is 0 Å². The number of nitrogens with one attached hydrogen (secondary N) is 1. The normalized spacial score (nSPS) is 16.5. The van der Waals surface area contributed by atoms with Crippen LogP contribution in [0.3, 0.4) is 0 Å². The minimum Gasteiger partial charge on any atom is -0.497 e. The molecule has 0 radical (unpaired) electrons. The van der Waals surface area contributed by atoms with E-state index in [0.29, 0.717) is 23.4 Å². The topological polar surface area (TPSA) is 81.4 Å². The van der Waals surface area contributed by atoms with Crippen LogP contribution in [0.1, 0.15) is 37.9 Å². The van der Waals surface area contributed by atoms with Gasteiger partial charge in [0.05, 0.1) is 13.2 Å². The van der Waals surface area contributed by atoms with E-state index < -0.39 is 11.9 Å². The summed E-state index contributed by atoms with van der Waals surface area (Å²) < 4.78 is 5.12. The molecule has 2 aromatic carbocycles. The number of hydrogen-bond donors (Lipinski definition) is 2. The molecule has 1 aliphatic heterocycles. The molecule has 0 aliphatic carbocycles. The molecule has 5 nitrogen and oxygen atoms in total. The van der Waals surface area contributed by atoms with E-state index in [4.69, 9.17) is 10.5 Å². The molecule has 0 saturated heterocycles. The van der Waals surface area contributed by atoms with Crippen molar-refractivity contribution in [3.8, 4) is 5.75 Å². The molecule has 0 fully saturated rings. The van der Waals surface area contributed by atoms with Crippen LogP contribution < -0.4 is 15.8 Å². The second-order valence-electron chi connectivity index (χ2n) is 5.51. The van der Waals surface area contributed by atoms with Crippen LogP contribution >= 0.6 is 0 Å². The predicted octanol–water partition coefficient (Wildman–Crippen LogP) is 1.86. The van der Waals surface area contributed by atoms with Crippen LogP contribution in [0.25, 0.3) is 0 Å². The molecule has 3 N–H and O–H groups in total. The minimum atomic E-state index is -0.454. The van der Waals surface area contributed by atoms with Crippen molar-refractivity contribution in [2.75, 3.05) is 13.7 Å². The van der Waals surface area contributed by atoms with Crippen LogP contribution in [0, 0.1) is 0 Å². The van der Waals surface area contributed by atoms with E-state index >= 15 is 0 Å². The largest absolute Gasteiger partial charge is 0.497 e. The predicted molar refractivity (Wildman–Crippen MR) is 86.7 cm³/mol. The average Bonchev–Trinajstić information content (AvgIpc) is 2.60. The van der Waals surface area contributed by atoms with Gasteiger partial charge >= 0.3 is 0 Å². The number of carbonyl (C=O) groups excluding carboxylic acids is 2. The van der Waals surface area contributed by atoms with Crippen molar-refractivity contribution >= 4 is 11.7 Å². The Morgan fingerprint density at radius 3 is 2.48 bits per heavy atom. The molecule has 0 spiro atoms. The van der Waals surface area contributed by atoms with Crippen LogP contribution in [-0.4, -0.2) is 25.3 Å². The number of hydrogen-bond acceptors (Lipinski definition) is 4. The fourth-order valence-corrected chi connectivity index (χ4v) is 2.87. The number of methoxy groups -OCH3 is 1. The summed E-state index contributed by atoms with van der Waals surface area (Å²) in [6, 6.07) is 11.9. The lowest BCUT2D eigenvalue weighted by Crippen LogP contribution is -2.35. The van der Waals surface area contributed by atoms with Crippen molar-refractivity contribution in [3.05, 3.63) is 64.7 Å². The van der Waals surface area contributed by atoms with E-state index in [0.717, 1.165) is 17.5 Å². The molecule has 0 bridgehead atoms. The van der Waals surface area contributed by atoms with E-state index in [2.05, 4.69) is 5.32 Å². The molecule has 5 heteroatoms. The second-order valence-corrected chi connectivity index (χ2v) is 5.51. The summed E-state index contributed by atoms with van der Waals surface area (Å²) in [5.74, 6) is 0.259. The molecule has 1 unspecified atom stereocenters. The number of ketones is 1. The van der Waals surface area contributed by atoms with Crippen LogP contribution in [0.5, 0.6) is 5.75 Å². The van der Waals surface area contributed by atoms with Crippen molar-refractivity contribution in [1.29, 1.82) is 0 Å². The Kier molecular flexibility index (Phi) is 4.12. The Morgan fingerprint density at radius 2 is 1.83 bits per heavy atom. The van der Waals surface area contributed by atoms with Crippen LogP contribution in [-0.2, 0) is 6.42 Å². The Bertz CT molecular complexity index is 753. The van der Waals surface area contributed by atoms with Gasteiger partial charge in [0.2, 0.25) is 5.91 Å². The van der Waals surface area contributed by atoms with Gasteiger partial charge in [0.25, 0.3) is 0 Å². The van der Waals surface area contributed by atoms with Gasteiger partial charge in [-0.3, -0.25) is 9.59 Å². The van der Waals surface area contributed by atoms with Crippen LogP contribution in [0.15, 0.2) is 42.5 Å². The fourth-order valence-electron chi connectivity index (χ4n) is 2.87. The standard InChI is InChI=1S/C18H18N2O3/c1-23-14-5-2-11(3-6-14)17(21)16-15-7-4-13(18(19)22)10-12(15)8-9-20-16/h2-7,10,16,20H,8-9H2,1H3,(H2,19,22).